The van der Waals surface area contributed by atoms with Crippen LogP contribution in [0.2, 0.25) is 0 Å². The zero-order valence-electron chi connectivity index (χ0n) is 9.47. The molecule has 5 nitrogen and oxygen atoms in total. The van der Waals surface area contributed by atoms with Gasteiger partial charge >= 0.3 is 0 Å². The summed E-state index contributed by atoms with van der Waals surface area (Å²) >= 11 is 0. The summed E-state index contributed by atoms with van der Waals surface area (Å²) in [5.74, 6) is -0.400. The first-order chi connectivity index (χ1) is 7.36. The van der Waals surface area contributed by atoms with Gasteiger partial charge in [0.2, 0.25) is 0 Å². The minimum absolute atomic E-state index is 0.0518. The highest BCUT2D eigenvalue weighted by molar-refractivity contribution is 7.94. The highest BCUT2D eigenvalue weighted by Crippen LogP contribution is 2.18. The average molecular weight is 247 g/mol. The summed E-state index contributed by atoms with van der Waals surface area (Å²) in [6, 6.07) is -0.0700. The summed E-state index contributed by atoms with van der Waals surface area (Å²) in [5, 5.41) is 4.46. The average Bonchev–Trinajstić information content (AvgIpc) is 2.50. The first-order valence-corrected chi connectivity index (χ1v) is 7.03. The molecule has 0 saturated carbocycles. The largest absolute Gasteiger partial charge is 0.349 e. The SMILES string of the molecule is CC1(C)OCC(NC2C=CS(=O)(=O)C2)CO1. The number of hydrogen-bond acceptors (Lipinski definition) is 5. The highest BCUT2D eigenvalue weighted by atomic mass is 32.2. The van der Waals surface area contributed by atoms with Gasteiger partial charge < -0.3 is 14.8 Å². The predicted octanol–water partition coefficient (Wildman–Crippen LogP) is 0.0382. The Balaban J connectivity index is 1.83. The molecule has 0 radical (unpaired) electrons. The van der Waals surface area contributed by atoms with E-state index < -0.39 is 15.6 Å². The molecule has 16 heavy (non-hydrogen) atoms. The van der Waals surface area contributed by atoms with E-state index in [1.165, 1.54) is 5.41 Å². The molecule has 2 heterocycles. The molecule has 0 aromatic rings. The maximum atomic E-state index is 11.2. The van der Waals surface area contributed by atoms with Crippen molar-refractivity contribution in [2.75, 3.05) is 19.0 Å². The number of rotatable bonds is 2. The fourth-order valence-electron chi connectivity index (χ4n) is 1.77. The van der Waals surface area contributed by atoms with Crippen LogP contribution in [0.3, 0.4) is 0 Å². The molecule has 2 rings (SSSR count). The van der Waals surface area contributed by atoms with E-state index in [-0.39, 0.29) is 17.8 Å². The Bertz CT molecular complexity index is 378. The van der Waals surface area contributed by atoms with Crippen molar-refractivity contribution < 1.29 is 17.9 Å². The van der Waals surface area contributed by atoms with Crippen molar-refractivity contribution in [3.8, 4) is 0 Å². The Morgan fingerprint density at radius 2 is 1.94 bits per heavy atom. The molecule has 0 aliphatic carbocycles. The molecular formula is C10H17NO4S. The molecule has 1 N–H and O–H groups in total. The van der Waals surface area contributed by atoms with E-state index in [1.807, 2.05) is 13.8 Å². The molecule has 1 saturated heterocycles. The van der Waals surface area contributed by atoms with Gasteiger partial charge in [-0.05, 0) is 13.8 Å². The Hall–Kier alpha value is -0.430. The summed E-state index contributed by atoms with van der Waals surface area (Å²) < 4.78 is 33.4. The fraction of sp³-hybridized carbons (Fsp3) is 0.800. The Morgan fingerprint density at radius 1 is 1.31 bits per heavy atom. The second kappa shape index (κ2) is 4.10. The van der Waals surface area contributed by atoms with Crippen LogP contribution >= 0.6 is 0 Å². The van der Waals surface area contributed by atoms with Crippen LogP contribution in [0.5, 0.6) is 0 Å². The van der Waals surface area contributed by atoms with Gasteiger partial charge in [-0.25, -0.2) is 8.42 Å². The Morgan fingerprint density at radius 3 is 2.44 bits per heavy atom. The van der Waals surface area contributed by atoms with Gasteiger partial charge in [0.05, 0.1) is 25.0 Å². The lowest BCUT2D eigenvalue weighted by Crippen LogP contribution is -2.51. The first kappa shape index (κ1) is 12.0. The molecule has 92 valence electrons. The van der Waals surface area contributed by atoms with E-state index in [4.69, 9.17) is 9.47 Å². The fourth-order valence-corrected chi connectivity index (χ4v) is 3.02. The van der Waals surface area contributed by atoms with Crippen molar-refractivity contribution in [3.05, 3.63) is 11.5 Å². The minimum Gasteiger partial charge on any atom is -0.349 e. The molecule has 0 amide bonds. The topological polar surface area (TPSA) is 64.6 Å². The number of hydrogen-bond donors (Lipinski definition) is 1. The lowest BCUT2D eigenvalue weighted by molar-refractivity contribution is -0.253. The summed E-state index contributed by atoms with van der Waals surface area (Å²) in [4.78, 5) is 0. The van der Waals surface area contributed by atoms with Crippen LogP contribution < -0.4 is 5.32 Å². The lowest BCUT2D eigenvalue weighted by atomic mass is 10.2. The van der Waals surface area contributed by atoms with E-state index in [0.29, 0.717) is 13.2 Å². The molecule has 0 aromatic carbocycles. The Kier molecular flexibility index (Phi) is 3.09. The Labute approximate surface area is 95.7 Å². The van der Waals surface area contributed by atoms with Crippen molar-refractivity contribution >= 4 is 9.84 Å². The normalized spacial score (nSPS) is 33.0. The summed E-state index contributed by atoms with van der Waals surface area (Å²) in [5.41, 5.74) is 0. The smallest absolute Gasteiger partial charge is 0.173 e. The van der Waals surface area contributed by atoms with Crippen LogP contribution in [0.25, 0.3) is 0 Å². The van der Waals surface area contributed by atoms with Crippen LogP contribution in [0, 0.1) is 0 Å². The minimum atomic E-state index is -2.99. The van der Waals surface area contributed by atoms with Crippen molar-refractivity contribution in [1.29, 1.82) is 0 Å². The van der Waals surface area contributed by atoms with Gasteiger partial charge in [-0.15, -0.1) is 0 Å². The molecule has 1 unspecified atom stereocenters. The molecule has 0 spiro atoms. The zero-order valence-corrected chi connectivity index (χ0v) is 10.3. The van der Waals surface area contributed by atoms with Crippen LogP contribution in [-0.4, -0.2) is 45.3 Å². The molecule has 2 aliphatic rings. The standard InChI is InChI=1S/C10H17NO4S/c1-10(2)14-5-9(6-15-10)11-8-3-4-16(12,13)7-8/h3-4,8-9,11H,5-7H2,1-2H3. The van der Waals surface area contributed by atoms with Crippen molar-refractivity contribution in [2.45, 2.75) is 31.7 Å². The maximum absolute atomic E-state index is 11.2. The molecule has 2 aliphatic heterocycles. The molecule has 1 atom stereocenters. The second-order valence-electron chi connectivity index (χ2n) is 4.65. The van der Waals surface area contributed by atoms with Gasteiger partial charge in [0.25, 0.3) is 0 Å². The van der Waals surface area contributed by atoms with E-state index in [1.54, 1.807) is 6.08 Å². The maximum Gasteiger partial charge on any atom is 0.173 e. The van der Waals surface area contributed by atoms with Gasteiger partial charge in [-0.3, -0.25) is 0 Å². The van der Waals surface area contributed by atoms with Gasteiger partial charge in [0.1, 0.15) is 0 Å². The third kappa shape index (κ3) is 3.04. The third-order valence-electron chi connectivity index (χ3n) is 2.64. The van der Waals surface area contributed by atoms with Crippen molar-refractivity contribution in [1.82, 2.24) is 5.32 Å². The van der Waals surface area contributed by atoms with Crippen molar-refractivity contribution in [2.24, 2.45) is 0 Å². The summed E-state index contributed by atoms with van der Waals surface area (Å²) in [6.45, 7) is 4.81. The number of nitrogens with one attached hydrogen (secondary N) is 1. The number of ether oxygens (including phenoxy) is 2. The van der Waals surface area contributed by atoms with E-state index >= 15 is 0 Å². The quantitative estimate of drug-likeness (QED) is 0.746. The van der Waals surface area contributed by atoms with Gasteiger partial charge in [-0.2, -0.15) is 0 Å². The molecule has 6 heteroatoms. The third-order valence-corrected chi connectivity index (χ3v) is 4.04. The van der Waals surface area contributed by atoms with E-state index in [2.05, 4.69) is 5.32 Å². The van der Waals surface area contributed by atoms with Crippen LogP contribution in [-0.2, 0) is 19.3 Å². The first-order valence-electron chi connectivity index (χ1n) is 5.31. The monoisotopic (exact) mass is 247 g/mol. The van der Waals surface area contributed by atoms with Crippen LogP contribution in [0.4, 0.5) is 0 Å². The molecule has 0 aromatic heterocycles. The summed E-state index contributed by atoms with van der Waals surface area (Å²) in [6.07, 6.45) is 1.68. The molecular weight excluding hydrogens is 230 g/mol. The zero-order chi connectivity index (χ0) is 11.8. The van der Waals surface area contributed by atoms with Crippen LogP contribution in [0.15, 0.2) is 11.5 Å². The molecule has 0 bridgehead atoms. The van der Waals surface area contributed by atoms with Crippen LogP contribution in [0.1, 0.15) is 13.8 Å². The van der Waals surface area contributed by atoms with Crippen molar-refractivity contribution in [3.63, 3.8) is 0 Å². The highest BCUT2D eigenvalue weighted by Gasteiger charge is 2.30. The predicted molar refractivity (Wildman–Crippen MR) is 59.6 cm³/mol. The number of sulfone groups is 1. The van der Waals surface area contributed by atoms with E-state index in [9.17, 15) is 8.42 Å². The van der Waals surface area contributed by atoms with E-state index in [0.717, 1.165) is 0 Å². The van der Waals surface area contributed by atoms with Gasteiger partial charge in [0.15, 0.2) is 15.6 Å². The van der Waals surface area contributed by atoms with Gasteiger partial charge in [0, 0.05) is 11.4 Å². The summed E-state index contributed by atoms with van der Waals surface area (Å²) in [7, 11) is -2.99. The lowest BCUT2D eigenvalue weighted by Gasteiger charge is -2.36. The second-order valence-corrected chi connectivity index (χ2v) is 6.58. The van der Waals surface area contributed by atoms with Gasteiger partial charge in [-0.1, -0.05) is 6.08 Å². The molecule has 1 fully saturated rings.